The molecule has 1 atom stereocenters. The first-order valence-corrected chi connectivity index (χ1v) is 8.09. The number of carbonyl (C=O) groups excluding carboxylic acids is 1. The third-order valence-electron chi connectivity index (χ3n) is 3.87. The largest absolute Gasteiger partial charge is 0.383 e. The van der Waals surface area contributed by atoms with E-state index in [4.69, 9.17) is 4.74 Å². The number of hydrogen-bond acceptors (Lipinski definition) is 5. The molecule has 1 amide bonds. The fraction of sp³-hybridized carbons (Fsp3) is 0.389. The van der Waals surface area contributed by atoms with Crippen LogP contribution >= 0.6 is 0 Å². The number of carbonyl (C=O) groups is 1. The topological polar surface area (TPSA) is 76.5 Å². The van der Waals surface area contributed by atoms with E-state index in [0.29, 0.717) is 19.7 Å². The van der Waals surface area contributed by atoms with Gasteiger partial charge < -0.3 is 15.0 Å². The van der Waals surface area contributed by atoms with Crippen molar-refractivity contribution in [2.75, 3.05) is 34.4 Å². The van der Waals surface area contributed by atoms with Gasteiger partial charge in [0.05, 0.1) is 19.2 Å². The standard InChI is InChI=1S/C18H24N4O3/c1-21(2)16(14-7-5-4-6-8-14)13-19-18(24)15-9-10-17(23)22(20-15)11-12-25-3/h4-10,16H,11-13H2,1-3H3,(H,19,24). The Morgan fingerprint density at radius 3 is 2.60 bits per heavy atom. The van der Waals surface area contributed by atoms with E-state index in [2.05, 4.69) is 10.4 Å². The Kier molecular flexibility index (Phi) is 6.85. The van der Waals surface area contributed by atoms with Crippen molar-refractivity contribution in [1.82, 2.24) is 20.0 Å². The van der Waals surface area contributed by atoms with E-state index in [1.165, 1.54) is 16.8 Å². The number of nitrogens with one attached hydrogen (secondary N) is 1. The second-order valence-corrected chi connectivity index (χ2v) is 5.87. The second-order valence-electron chi connectivity index (χ2n) is 5.87. The quantitative estimate of drug-likeness (QED) is 0.771. The molecule has 7 heteroatoms. The van der Waals surface area contributed by atoms with Crippen LogP contribution in [-0.2, 0) is 11.3 Å². The van der Waals surface area contributed by atoms with Gasteiger partial charge in [-0.05, 0) is 25.7 Å². The molecule has 1 aromatic carbocycles. The number of aromatic nitrogens is 2. The zero-order chi connectivity index (χ0) is 18.2. The van der Waals surface area contributed by atoms with Crippen molar-refractivity contribution in [3.05, 3.63) is 64.1 Å². The lowest BCUT2D eigenvalue weighted by atomic mass is 10.1. The van der Waals surface area contributed by atoms with E-state index < -0.39 is 0 Å². The first-order chi connectivity index (χ1) is 12.0. The summed E-state index contributed by atoms with van der Waals surface area (Å²) in [5.41, 5.74) is 1.07. The van der Waals surface area contributed by atoms with Gasteiger partial charge in [-0.2, -0.15) is 5.10 Å². The smallest absolute Gasteiger partial charge is 0.271 e. The molecule has 0 fully saturated rings. The molecule has 0 saturated heterocycles. The third kappa shape index (κ3) is 5.23. The van der Waals surface area contributed by atoms with Crippen molar-refractivity contribution in [3.63, 3.8) is 0 Å². The fourth-order valence-corrected chi connectivity index (χ4v) is 2.46. The molecule has 0 radical (unpaired) electrons. The van der Waals surface area contributed by atoms with Crippen LogP contribution in [0.2, 0.25) is 0 Å². The number of benzene rings is 1. The Balaban J connectivity index is 2.07. The maximum absolute atomic E-state index is 12.4. The average Bonchev–Trinajstić information content (AvgIpc) is 2.61. The minimum Gasteiger partial charge on any atom is -0.383 e. The Morgan fingerprint density at radius 2 is 1.96 bits per heavy atom. The van der Waals surface area contributed by atoms with Gasteiger partial charge in [0.25, 0.3) is 11.5 Å². The number of methoxy groups -OCH3 is 1. The number of nitrogens with zero attached hydrogens (tertiary/aromatic N) is 3. The highest BCUT2D eigenvalue weighted by Crippen LogP contribution is 2.16. The van der Waals surface area contributed by atoms with Crippen LogP contribution in [0.5, 0.6) is 0 Å². The third-order valence-corrected chi connectivity index (χ3v) is 3.87. The van der Waals surface area contributed by atoms with Gasteiger partial charge in [-0.3, -0.25) is 9.59 Å². The van der Waals surface area contributed by atoms with Crippen molar-refractivity contribution < 1.29 is 9.53 Å². The van der Waals surface area contributed by atoms with Crippen molar-refractivity contribution in [3.8, 4) is 0 Å². The van der Waals surface area contributed by atoms with Crippen LogP contribution in [0.1, 0.15) is 22.1 Å². The van der Waals surface area contributed by atoms with Crippen LogP contribution in [0.25, 0.3) is 0 Å². The lowest BCUT2D eigenvalue weighted by molar-refractivity contribution is 0.0933. The van der Waals surface area contributed by atoms with Crippen molar-refractivity contribution in [2.45, 2.75) is 12.6 Å². The lowest BCUT2D eigenvalue weighted by Crippen LogP contribution is -2.36. The second kappa shape index (κ2) is 9.10. The molecule has 0 aliphatic heterocycles. The predicted octanol–water partition coefficient (Wildman–Crippen LogP) is 0.922. The van der Waals surface area contributed by atoms with Crippen molar-refractivity contribution >= 4 is 5.91 Å². The summed E-state index contributed by atoms with van der Waals surface area (Å²) in [4.78, 5) is 26.2. The highest BCUT2D eigenvalue weighted by atomic mass is 16.5. The fourth-order valence-electron chi connectivity index (χ4n) is 2.46. The molecule has 0 spiro atoms. The van der Waals surface area contributed by atoms with Gasteiger partial charge in [0, 0.05) is 19.7 Å². The van der Waals surface area contributed by atoms with Crippen LogP contribution in [-0.4, -0.2) is 54.9 Å². The Bertz CT molecular complexity index is 743. The Hall–Kier alpha value is -2.51. The number of rotatable bonds is 8. The zero-order valence-electron chi connectivity index (χ0n) is 14.8. The van der Waals surface area contributed by atoms with Crippen LogP contribution < -0.4 is 10.9 Å². The summed E-state index contributed by atoms with van der Waals surface area (Å²) >= 11 is 0. The summed E-state index contributed by atoms with van der Waals surface area (Å²) in [7, 11) is 5.48. The van der Waals surface area contributed by atoms with E-state index in [1.807, 2.05) is 49.3 Å². The highest BCUT2D eigenvalue weighted by molar-refractivity contribution is 5.92. The molecule has 1 unspecified atom stereocenters. The van der Waals surface area contributed by atoms with Crippen LogP contribution in [0.3, 0.4) is 0 Å². The first-order valence-electron chi connectivity index (χ1n) is 8.09. The van der Waals surface area contributed by atoms with Gasteiger partial charge >= 0.3 is 0 Å². The number of hydrogen-bond donors (Lipinski definition) is 1. The SMILES string of the molecule is COCCn1nc(C(=O)NCC(c2ccccc2)N(C)C)ccc1=O. The first kappa shape index (κ1) is 18.8. The number of likely N-dealkylation sites (N-methyl/N-ethyl adjacent to an activating group) is 1. The molecule has 1 N–H and O–H groups in total. The zero-order valence-corrected chi connectivity index (χ0v) is 14.8. The summed E-state index contributed by atoms with van der Waals surface area (Å²) in [6.07, 6.45) is 0. The summed E-state index contributed by atoms with van der Waals surface area (Å²) in [6, 6.07) is 12.8. The van der Waals surface area contributed by atoms with E-state index in [0.717, 1.165) is 5.56 Å². The van der Waals surface area contributed by atoms with Gasteiger partial charge in [-0.1, -0.05) is 30.3 Å². The van der Waals surface area contributed by atoms with Crippen molar-refractivity contribution in [2.24, 2.45) is 0 Å². The summed E-state index contributed by atoms with van der Waals surface area (Å²) < 4.78 is 6.18. The van der Waals surface area contributed by atoms with Gasteiger partial charge in [0.1, 0.15) is 5.69 Å². The van der Waals surface area contributed by atoms with Crippen LogP contribution in [0, 0.1) is 0 Å². The summed E-state index contributed by atoms with van der Waals surface area (Å²) in [6.45, 7) is 1.10. The molecule has 0 saturated carbocycles. The van der Waals surface area contributed by atoms with Gasteiger partial charge in [-0.15, -0.1) is 0 Å². The van der Waals surface area contributed by atoms with E-state index in [-0.39, 0.29) is 23.2 Å². The maximum Gasteiger partial charge on any atom is 0.271 e. The average molecular weight is 344 g/mol. The molecule has 2 aromatic rings. The molecule has 0 aliphatic carbocycles. The van der Waals surface area contributed by atoms with Gasteiger partial charge in [-0.25, -0.2) is 4.68 Å². The molecule has 0 bridgehead atoms. The molecule has 1 heterocycles. The van der Waals surface area contributed by atoms with E-state index in [9.17, 15) is 9.59 Å². The monoisotopic (exact) mass is 344 g/mol. The normalized spacial score (nSPS) is 12.2. The lowest BCUT2D eigenvalue weighted by Gasteiger charge is -2.25. The van der Waals surface area contributed by atoms with Gasteiger partial charge in [0.2, 0.25) is 0 Å². The summed E-state index contributed by atoms with van der Waals surface area (Å²) in [5, 5.41) is 7.00. The minimum absolute atomic E-state index is 0.0459. The highest BCUT2D eigenvalue weighted by Gasteiger charge is 2.16. The molecule has 134 valence electrons. The van der Waals surface area contributed by atoms with E-state index in [1.54, 1.807) is 7.11 Å². The van der Waals surface area contributed by atoms with Crippen molar-refractivity contribution in [1.29, 1.82) is 0 Å². The van der Waals surface area contributed by atoms with Gasteiger partial charge in [0.15, 0.2) is 0 Å². The molecular weight excluding hydrogens is 320 g/mol. The Labute approximate surface area is 147 Å². The predicted molar refractivity (Wildman–Crippen MR) is 95.6 cm³/mol. The molecule has 2 rings (SSSR count). The Morgan fingerprint density at radius 1 is 1.24 bits per heavy atom. The molecule has 1 aromatic heterocycles. The molecule has 25 heavy (non-hydrogen) atoms. The van der Waals surface area contributed by atoms with Crippen LogP contribution in [0.15, 0.2) is 47.3 Å². The minimum atomic E-state index is -0.311. The molecular formula is C18H24N4O3. The van der Waals surface area contributed by atoms with E-state index >= 15 is 0 Å². The maximum atomic E-state index is 12.4. The van der Waals surface area contributed by atoms with Crippen LogP contribution in [0.4, 0.5) is 0 Å². The summed E-state index contributed by atoms with van der Waals surface area (Å²) in [5.74, 6) is -0.311. The number of amides is 1. The molecule has 7 nitrogen and oxygen atoms in total. The number of ether oxygens (including phenoxy) is 1. The molecule has 0 aliphatic rings.